The van der Waals surface area contributed by atoms with E-state index in [2.05, 4.69) is 13.8 Å². The van der Waals surface area contributed by atoms with E-state index in [4.69, 9.17) is 9.47 Å². The molecule has 0 atom stereocenters. The summed E-state index contributed by atoms with van der Waals surface area (Å²) < 4.78 is 10.3. The van der Waals surface area contributed by atoms with Gasteiger partial charge in [-0.1, -0.05) is 65.2 Å². The van der Waals surface area contributed by atoms with Crippen molar-refractivity contribution in [3.05, 3.63) is 0 Å². The lowest BCUT2D eigenvalue weighted by atomic mass is 10.1. The minimum atomic E-state index is -0.223. The van der Waals surface area contributed by atoms with Crippen molar-refractivity contribution in [2.24, 2.45) is 0 Å². The van der Waals surface area contributed by atoms with Gasteiger partial charge in [0.15, 0.2) is 0 Å². The first-order valence-electron chi connectivity index (χ1n) is 8.04. The van der Waals surface area contributed by atoms with Crippen molar-refractivity contribution in [1.29, 1.82) is 0 Å². The van der Waals surface area contributed by atoms with Crippen molar-refractivity contribution in [2.75, 3.05) is 19.8 Å². The molecule has 0 bridgehead atoms. The molecule has 0 aliphatic rings. The average molecular weight is 272 g/mol. The highest BCUT2D eigenvalue weighted by Gasteiger charge is 2.02. The van der Waals surface area contributed by atoms with E-state index in [9.17, 15) is 4.79 Å². The van der Waals surface area contributed by atoms with Crippen molar-refractivity contribution in [3.63, 3.8) is 0 Å². The molecule has 0 unspecified atom stereocenters. The maximum Gasteiger partial charge on any atom is 0.332 e. The number of rotatable bonds is 14. The molecule has 3 nitrogen and oxygen atoms in total. The van der Waals surface area contributed by atoms with E-state index in [-0.39, 0.29) is 12.6 Å². The summed E-state index contributed by atoms with van der Waals surface area (Å²) in [5, 5.41) is 0. The predicted octanol–water partition coefficient (Wildman–Crippen LogP) is 4.49. The van der Waals surface area contributed by atoms with Crippen LogP contribution in [-0.4, -0.2) is 25.8 Å². The van der Waals surface area contributed by atoms with Crippen LogP contribution in [-0.2, 0) is 14.3 Å². The van der Waals surface area contributed by atoms with Crippen molar-refractivity contribution >= 4 is 5.97 Å². The van der Waals surface area contributed by atoms with E-state index in [1.54, 1.807) is 0 Å². The summed E-state index contributed by atoms with van der Waals surface area (Å²) >= 11 is 0. The third-order valence-corrected chi connectivity index (χ3v) is 3.12. The molecular weight excluding hydrogens is 240 g/mol. The molecule has 0 spiro atoms. The van der Waals surface area contributed by atoms with Crippen LogP contribution in [0.1, 0.15) is 78.1 Å². The van der Waals surface area contributed by atoms with Crippen molar-refractivity contribution in [2.45, 2.75) is 78.1 Å². The van der Waals surface area contributed by atoms with Gasteiger partial charge in [0, 0.05) is 6.61 Å². The van der Waals surface area contributed by atoms with Crippen LogP contribution in [0.4, 0.5) is 0 Å². The molecule has 3 heteroatoms. The molecule has 0 saturated heterocycles. The summed E-state index contributed by atoms with van der Waals surface area (Å²) in [7, 11) is 0. The normalized spacial score (nSPS) is 10.6. The largest absolute Gasteiger partial charge is 0.464 e. The molecule has 0 aromatic carbocycles. The van der Waals surface area contributed by atoms with E-state index < -0.39 is 0 Å². The lowest BCUT2D eigenvalue weighted by Crippen LogP contribution is -2.13. The fraction of sp³-hybridized carbons (Fsp3) is 0.938. The number of hydrogen-bond donors (Lipinski definition) is 0. The Kier molecular flexibility index (Phi) is 15.0. The highest BCUT2D eigenvalue weighted by molar-refractivity contribution is 5.70. The highest BCUT2D eigenvalue weighted by atomic mass is 16.6. The highest BCUT2D eigenvalue weighted by Crippen LogP contribution is 2.08. The number of hydrogen-bond acceptors (Lipinski definition) is 3. The summed E-state index contributed by atoms with van der Waals surface area (Å²) in [6, 6.07) is 0. The van der Waals surface area contributed by atoms with Gasteiger partial charge in [0.1, 0.15) is 6.61 Å². The van der Waals surface area contributed by atoms with Crippen LogP contribution in [0, 0.1) is 0 Å². The van der Waals surface area contributed by atoms with Gasteiger partial charge in [-0.15, -0.1) is 0 Å². The first-order valence-corrected chi connectivity index (χ1v) is 8.04. The van der Waals surface area contributed by atoms with E-state index in [0.717, 1.165) is 25.7 Å². The van der Waals surface area contributed by atoms with Gasteiger partial charge in [-0.25, -0.2) is 4.79 Å². The zero-order chi connectivity index (χ0) is 14.2. The van der Waals surface area contributed by atoms with Gasteiger partial charge >= 0.3 is 5.97 Å². The molecule has 0 aliphatic carbocycles. The topological polar surface area (TPSA) is 35.5 Å². The van der Waals surface area contributed by atoms with Crippen LogP contribution >= 0.6 is 0 Å². The van der Waals surface area contributed by atoms with Crippen LogP contribution < -0.4 is 0 Å². The van der Waals surface area contributed by atoms with E-state index >= 15 is 0 Å². The van der Waals surface area contributed by atoms with Crippen molar-refractivity contribution < 1.29 is 14.3 Å². The smallest absolute Gasteiger partial charge is 0.332 e. The Morgan fingerprint density at radius 2 is 1.32 bits per heavy atom. The minimum absolute atomic E-state index is 0.108. The summed E-state index contributed by atoms with van der Waals surface area (Å²) in [6.07, 6.45) is 12.2. The zero-order valence-corrected chi connectivity index (χ0v) is 12.9. The summed E-state index contributed by atoms with van der Waals surface area (Å²) in [4.78, 5) is 11.3. The molecule has 0 rings (SSSR count). The third kappa shape index (κ3) is 15.4. The number of carbonyl (C=O) groups excluding carboxylic acids is 1. The fourth-order valence-electron chi connectivity index (χ4n) is 1.87. The maximum absolute atomic E-state index is 11.3. The van der Waals surface area contributed by atoms with Gasteiger partial charge in [0.05, 0.1) is 6.61 Å². The molecule has 0 radical (unpaired) electrons. The van der Waals surface area contributed by atoms with Gasteiger partial charge in [-0.05, 0) is 12.8 Å². The van der Waals surface area contributed by atoms with E-state index in [1.807, 2.05) is 0 Å². The first-order chi connectivity index (χ1) is 9.31. The van der Waals surface area contributed by atoms with Crippen LogP contribution in [0.5, 0.6) is 0 Å². The Balaban J connectivity index is 3.10. The van der Waals surface area contributed by atoms with Gasteiger partial charge < -0.3 is 9.47 Å². The molecule has 0 N–H and O–H groups in total. The predicted molar refractivity (Wildman–Crippen MR) is 79.3 cm³/mol. The Hall–Kier alpha value is -0.570. The summed E-state index contributed by atoms with van der Waals surface area (Å²) in [5.41, 5.74) is 0. The number of carbonyl (C=O) groups is 1. The monoisotopic (exact) mass is 272 g/mol. The molecule has 0 fully saturated rings. The van der Waals surface area contributed by atoms with Crippen LogP contribution in [0.25, 0.3) is 0 Å². The standard InChI is InChI=1S/C16H32O3/c1-3-5-7-8-9-10-11-12-14-19-16(17)15-18-13-6-4-2/h3-15H2,1-2H3. The molecule has 0 aliphatic heterocycles. The molecule has 0 amide bonds. The van der Waals surface area contributed by atoms with Gasteiger partial charge in [0.25, 0.3) is 0 Å². The number of unbranched alkanes of at least 4 members (excludes halogenated alkanes) is 8. The molecule has 0 aromatic heterocycles. The van der Waals surface area contributed by atoms with Crippen molar-refractivity contribution in [1.82, 2.24) is 0 Å². The molecule has 19 heavy (non-hydrogen) atoms. The van der Waals surface area contributed by atoms with Gasteiger partial charge in [-0.3, -0.25) is 0 Å². The SMILES string of the molecule is CCCCCCCCCCOC(=O)COCCCC. The van der Waals surface area contributed by atoms with E-state index in [0.29, 0.717) is 13.2 Å². The van der Waals surface area contributed by atoms with Crippen molar-refractivity contribution in [3.8, 4) is 0 Å². The quantitative estimate of drug-likeness (QED) is 0.345. The molecule has 0 saturated carbocycles. The summed E-state index contributed by atoms with van der Waals surface area (Å²) in [6.45, 7) is 5.65. The second kappa shape index (κ2) is 15.5. The van der Waals surface area contributed by atoms with Crippen LogP contribution in [0.2, 0.25) is 0 Å². The Labute approximate surface area is 119 Å². The molecule has 114 valence electrons. The Morgan fingerprint density at radius 1 is 0.737 bits per heavy atom. The second-order valence-electron chi connectivity index (χ2n) is 5.10. The fourth-order valence-corrected chi connectivity index (χ4v) is 1.87. The second-order valence-corrected chi connectivity index (χ2v) is 5.10. The average Bonchev–Trinajstić information content (AvgIpc) is 2.42. The van der Waals surface area contributed by atoms with Gasteiger partial charge in [0.2, 0.25) is 0 Å². The minimum Gasteiger partial charge on any atom is -0.464 e. The number of esters is 1. The van der Waals surface area contributed by atoms with Crippen LogP contribution in [0.15, 0.2) is 0 Å². The lowest BCUT2D eigenvalue weighted by Gasteiger charge is -2.05. The number of ether oxygens (including phenoxy) is 2. The van der Waals surface area contributed by atoms with Gasteiger partial charge in [-0.2, -0.15) is 0 Å². The lowest BCUT2D eigenvalue weighted by molar-refractivity contribution is -0.149. The first kappa shape index (κ1) is 18.4. The van der Waals surface area contributed by atoms with E-state index in [1.165, 1.54) is 38.5 Å². The zero-order valence-electron chi connectivity index (χ0n) is 12.9. The van der Waals surface area contributed by atoms with Crippen LogP contribution in [0.3, 0.4) is 0 Å². The maximum atomic E-state index is 11.3. The molecular formula is C16H32O3. The molecule has 0 aromatic rings. The summed E-state index contributed by atoms with van der Waals surface area (Å²) in [5.74, 6) is -0.223. The Bertz CT molecular complexity index is 192. The molecule has 0 heterocycles. The third-order valence-electron chi connectivity index (χ3n) is 3.12. The Morgan fingerprint density at radius 3 is 1.95 bits per heavy atom.